The molecule has 0 aliphatic rings. The highest BCUT2D eigenvalue weighted by Gasteiger charge is 2.44. The Kier molecular flexibility index (Phi) is 5.31. The molecule has 20 heavy (non-hydrogen) atoms. The van der Waals surface area contributed by atoms with E-state index in [1.165, 1.54) is 6.92 Å². The van der Waals surface area contributed by atoms with E-state index in [1.807, 2.05) is 0 Å². The lowest BCUT2D eigenvalue weighted by atomic mass is 10.1. The van der Waals surface area contributed by atoms with Crippen LogP contribution >= 0.6 is 11.8 Å². The average molecular weight is 318 g/mol. The fourth-order valence-corrected chi connectivity index (χ4v) is 2.38. The van der Waals surface area contributed by atoms with Gasteiger partial charge in [-0.2, -0.15) is 26.3 Å². The predicted octanol–water partition coefficient (Wildman–Crippen LogP) is 3.86. The first kappa shape index (κ1) is 17.1. The highest BCUT2D eigenvalue weighted by molar-refractivity contribution is 8.00. The van der Waals surface area contributed by atoms with Gasteiger partial charge in [0.15, 0.2) is 0 Å². The third kappa shape index (κ3) is 4.55. The Hall–Kier alpha value is -0.960. The zero-order valence-corrected chi connectivity index (χ0v) is 11.1. The zero-order valence-electron chi connectivity index (χ0n) is 10.3. The molecule has 1 rings (SSSR count). The summed E-state index contributed by atoms with van der Waals surface area (Å²) in [6, 6.07) is 0.457. The first-order chi connectivity index (χ1) is 9.05. The Morgan fingerprint density at radius 3 is 2.15 bits per heavy atom. The lowest BCUT2D eigenvalue weighted by Crippen LogP contribution is -2.42. The number of hydrogen-bond donors (Lipinski definition) is 1. The largest absolute Gasteiger partial charge is 0.417 e. The molecule has 2 unspecified atom stereocenters. The molecule has 2 nitrogen and oxygen atoms in total. The molecule has 1 aromatic heterocycles. The number of pyridine rings is 1. The Labute approximate surface area is 115 Å². The van der Waals surface area contributed by atoms with Gasteiger partial charge in [0.05, 0.1) is 10.6 Å². The van der Waals surface area contributed by atoms with Gasteiger partial charge < -0.3 is 5.73 Å². The zero-order chi connectivity index (χ0) is 15.6. The molecule has 9 heteroatoms. The number of alkyl halides is 6. The summed E-state index contributed by atoms with van der Waals surface area (Å²) < 4.78 is 75.3. The Morgan fingerprint density at radius 1 is 1.20 bits per heavy atom. The number of nitrogens with zero attached hydrogens (tertiary/aromatic N) is 1. The summed E-state index contributed by atoms with van der Waals surface area (Å²) >= 11 is 0.319. The maximum Gasteiger partial charge on any atom is 0.417 e. The van der Waals surface area contributed by atoms with Crippen molar-refractivity contribution in [2.75, 3.05) is 0 Å². The molecule has 2 atom stereocenters. The molecule has 114 valence electrons. The highest BCUT2D eigenvalue weighted by Crippen LogP contribution is 2.37. The third-order valence-corrected chi connectivity index (χ3v) is 3.85. The van der Waals surface area contributed by atoms with E-state index in [-0.39, 0.29) is 11.4 Å². The Bertz CT molecular complexity index is 428. The second kappa shape index (κ2) is 6.21. The number of nitrogens with two attached hydrogens (primary N) is 1. The van der Waals surface area contributed by atoms with Gasteiger partial charge in [0.2, 0.25) is 0 Å². The Morgan fingerprint density at radius 2 is 1.80 bits per heavy atom. The average Bonchev–Trinajstić information content (AvgIpc) is 2.33. The number of halogens is 6. The minimum Gasteiger partial charge on any atom is -0.326 e. The van der Waals surface area contributed by atoms with Crippen molar-refractivity contribution in [2.24, 2.45) is 5.73 Å². The maximum atomic E-state index is 12.8. The van der Waals surface area contributed by atoms with Gasteiger partial charge in [-0.15, -0.1) is 0 Å². The normalized spacial score (nSPS) is 16.0. The van der Waals surface area contributed by atoms with Crippen LogP contribution in [-0.2, 0) is 6.18 Å². The van der Waals surface area contributed by atoms with Crippen LogP contribution < -0.4 is 5.73 Å². The quantitative estimate of drug-likeness (QED) is 0.677. The van der Waals surface area contributed by atoms with Crippen LogP contribution in [0.2, 0.25) is 0 Å². The van der Waals surface area contributed by atoms with Crippen molar-refractivity contribution in [3.63, 3.8) is 0 Å². The second-order valence-corrected chi connectivity index (χ2v) is 5.20. The van der Waals surface area contributed by atoms with Crippen molar-refractivity contribution in [2.45, 2.75) is 42.0 Å². The van der Waals surface area contributed by atoms with Crippen LogP contribution in [0.5, 0.6) is 0 Å². The van der Waals surface area contributed by atoms with Crippen LogP contribution in [0.1, 0.15) is 18.9 Å². The summed E-state index contributed by atoms with van der Waals surface area (Å²) in [6.07, 6.45) is -8.52. The minimum atomic E-state index is -4.57. The molecule has 0 aliphatic carbocycles. The molecule has 0 amide bonds. The minimum absolute atomic E-state index is 0.0951. The molecular formula is C11H12F6N2S. The van der Waals surface area contributed by atoms with E-state index in [4.69, 9.17) is 5.73 Å². The molecule has 0 saturated heterocycles. The van der Waals surface area contributed by atoms with Crippen LogP contribution in [0.4, 0.5) is 26.3 Å². The summed E-state index contributed by atoms with van der Waals surface area (Å²) in [6.45, 7) is 1.50. The van der Waals surface area contributed by atoms with Crippen LogP contribution in [-0.4, -0.2) is 22.5 Å². The van der Waals surface area contributed by atoms with Crippen molar-refractivity contribution in [3.8, 4) is 0 Å². The van der Waals surface area contributed by atoms with Crippen LogP contribution in [0.25, 0.3) is 0 Å². The van der Waals surface area contributed by atoms with E-state index in [2.05, 4.69) is 4.98 Å². The predicted molar refractivity (Wildman–Crippen MR) is 63.2 cm³/mol. The van der Waals surface area contributed by atoms with Crippen molar-refractivity contribution in [1.82, 2.24) is 4.98 Å². The van der Waals surface area contributed by atoms with E-state index in [1.54, 1.807) is 0 Å². The number of thioether (sulfide) groups is 1. The van der Waals surface area contributed by atoms with Crippen LogP contribution in [0.15, 0.2) is 23.4 Å². The van der Waals surface area contributed by atoms with Gasteiger partial charge in [-0.3, -0.25) is 0 Å². The fourth-order valence-electron chi connectivity index (χ4n) is 1.36. The SMILES string of the molecule is CCC(N)C(Sc1ccc(C(F)(F)F)cn1)C(F)(F)F. The molecule has 1 heterocycles. The maximum absolute atomic E-state index is 12.8. The van der Waals surface area contributed by atoms with E-state index in [0.29, 0.717) is 24.0 Å². The molecule has 1 aromatic rings. The number of rotatable bonds is 4. The molecular weight excluding hydrogens is 306 g/mol. The molecule has 0 spiro atoms. The van der Waals surface area contributed by atoms with Crippen LogP contribution in [0, 0.1) is 0 Å². The lowest BCUT2D eigenvalue weighted by molar-refractivity contribution is -0.138. The van der Waals surface area contributed by atoms with Gasteiger partial charge in [-0.1, -0.05) is 18.7 Å². The molecule has 0 aliphatic heterocycles. The number of hydrogen-bond acceptors (Lipinski definition) is 3. The van der Waals surface area contributed by atoms with Crippen LogP contribution in [0.3, 0.4) is 0 Å². The molecule has 0 saturated carbocycles. The molecule has 0 bridgehead atoms. The third-order valence-electron chi connectivity index (χ3n) is 2.49. The van der Waals surface area contributed by atoms with Gasteiger partial charge in [0, 0.05) is 12.2 Å². The standard InChI is InChI=1S/C11H12F6N2S/c1-2-7(18)9(11(15,16)17)20-8-4-3-6(5-19-8)10(12,13)14/h3-5,7,9H,2,18H2,1H3. The highest BCUT2D eigenvalue weighted by atomic mass is 32.2. The summed E-state index contributed by atoms with van der Waals surface area (Å²) in [5, 5.41) is -2.05. The Balaban J connectivity index is 2.90. The summed E-state index contributed by atoms with van der Waals surface area (Å²) in [7, 11) is 0. The smallest absolute Gasteiger partial charge is 0.326 e. The van der Waals surface area contributed by atoms with E-state index < -0.39 is 29.2 Å². The molecule has 0 fully saturated rings. The van der Waals surface area contributed by atoms with Crippen molar-refractivity contribution in [3.05, 3.63) is 23.9 Å². The molecule has 0 radical (unpaired) electrons. The van der Waals surface area contributed by atoms with Gasteiger partial charge in [0.1, 0.15) is 5.25 Å². The van der Waals surface area contributed by atoms with Crippen molar-refractivity contribution < 1.29 is 26.3 Å². The van der Waals surface area contributed by atoms with Crippen molar-refractivity contribution >= 4 is 11.8 Å². The monoisotopic (exact) mass is 318 g/mol. The topological polar surface area (TPSA) is 38.9 Å². The molecule has 0 aromatic carbocycles. The lowest BCUT2D eigenvalue weighted by Gasteiger charge is -2.24. The van der Waals surface area contributed by atoms with Gasteiger partial charge in [0.25, 0.3) is 0 Å². The first-order valence-electron chi connectivity index (χ1n) is 5.58. The van der Waals surface area contributed by atoms with Gasteiger partial charge in [-0.25, -0.2) is 4.98 Å². The second-order valence-electron chi connectivity index (χ2n) is 4.04. The summed E-state index contributed by atoms with van der Waals surface area (Å²) in [4.78, 5) is 3.40. The van der Waals surface area contributed by atoms with E-state index in [9.17, 15) is 26.3 Å². The van der Waals surface area contributed by atoms with Gasteiger partial charge in [-0.05, 0) is 18.6 Å². The molecule has 2 N–H and O–H groups in total. The van der Waals surface area contributed by atoms with E-state index in [0.717, 1.165) is 6.07 Å². The summed E-state index contributed by atoms with van der Waals surface area (Å²) in [5.74, 6) is 0. The van der Waals surface area contributed by atoms with Gasteiger partial charge >= 0.3 is 12.4 Å². The van der Waals surface area contributed by atoms with Crippen molar-refractivity contribution in [1.29, 1.82) is 0 Å². The van der Waals surface area contributed by atoms with E-state index >= 15 is 0 Å². The fraction of sp³-hybridized carbons (Fsp3) is 0.545. The first-order valence-corrected chi connectivity index (χ1v) is 6.46. The summed E-state index contributed by atoms with van der Waals surface area (Å²) in [5.41, 5.74) is 4.39. The number of aromatic nitrogens is 1.